The van der Waals surface area contributed by atoms with E-state index in [1.54, 1.807) is 48.3 Å². The highest BCUT2D eigenvalue weighted by Gasteiger charge is 2.21. The molecule has 0 aliphatic carbocycles. The molecule has 9 nitrogen and oxygen atoms in total. The van der Waals surface area contributed by atoms with Crippen LogP contribution in [0.1, 0.15) is 41.0 Å². The number of nitrogens with one attached hydrogen (secondary N) is 3. The topological polar surface area (TPSA) is 133 Å². The number of hydrogen-bond donors (Lipinski definition) is 4. The number of carboxylic acid groups (broad SMARTS) is 1. The Morgan fingerprint density at radius 1 is 1.22 bits per heavy atom. The monoisotopic (exact) mass is 455 g/mol. The number of aliphatic imine (C=N–C) groups is 1. The second-order valence-electron chi connectivity index (χ2n) is 7.03. The van der Waals surface area contributed by atoms with E-state index >= 15 is 0 Å². The van der Waals surface area contributed by atoms with Crippen LogP contribution in [0.5, 0.6) is 0 Å². The van der Waals surface area contributed by atoms with E-state index in [0.717, 1.165) is 28.8 Å². The van der Waals surface area contributed by atoms with E-state index in [-0.39, 0.29) is 13.0 Å². The highest BCUT2D eigenvalue weighted by Crippen LogP contribution is 2.20. The van der Waals surface area contributed by atoms with Crippen molar-refractivity contribution in [2.75, 3.05) is 24.2 Å². The van der Waals surface area contributed by atoms with E-state index in [0.29, 0.717) is 17.5 Å². The van der Waals surface area contributed by atoms with E-state index in [2.05, 4.69) is 25.9 Å². The van der Waals surface area contributed by atoms with Gasteiger partial charge in [0.05, 0.1) is 25.6 Å². The van der Waals surface area contributed by atoms with Crippen LogP contribution in [0.4, 0.5) is 5.69 Å². The molecule has 1 aliphatic rings. The molecule has 1 aromatic heterocycles. The Morgan fingerprint density at radius 2 is 2.06 bits per heavy atom. The van der Waals surface area contributed by atoms with Gasteiger partial charge in [0.25, 0.3) is 5.91 Å². The van der Waals surface area contributed by atoms with E-state index < -0.39 is 23.8 Å². The van der Waals surface area contributed by atoms with E-state index in [1.807, 2.05) is 13.0 Å². The summed E-state index contributed by atoms with van der Waals surface area (Å²) in [6.45, 7) is 2.40. The number of carbonyl (C=O) groups excluding carboxylic acids is 2. The van der Waals surface area contributed by atoms with Crippen LogP contribution in [0.2, 0.25) is 0 Å². The molecular formula is C22H25N5O4S. The molecule has 2 heterocycles. The third kappa shape index (κ3) is 6.55. The molecule has 1 aliphatic heterocycles. The smallest absolute Gasteiger partial charge is 0.305 e. The molecule has 1 atom stereocenters. The van der Waals surface area contributed by atoms with Crippen molar-refractivity contribution in [2.24, 2.45) is 4.99 Å². The zero-order chi connectivity index (χ0) is 22.9. The van der Waals surface area contributed by atoms with Crippen molar-refractivity contribution in [3.63, 3.8) is 0 Å². The van der Waals surface area contributed by atoms with Crippen molar-refractivity contribution in [3.05, 3.63) is 59.4 Å². The van der Waals surface area contributed by atoms with Gasteiger partial charge >= 0.3 is 5.97 Å². The number of carbonyl (C=O) groups is 3. The lowest BCUT2D eigenvalue weighted by molar-refractivity contribution is -0.137. The molecule has 3 rings (SSSR count). The third-order valence-corrected chi connectivity index (χ3v) is 5.61. The summed E-state index contributed by atoms with van der Waals surface area (Å²) >= 11 is 1.62. The number of aryl methyl sites for hydroxylation is 1. The van der Waals surface area contributed by atoms with Crippen molar-refractivity contribution < 1.29 is 19.5 Å². The predicted molar refractivity (Wildman–Crippen MR) is 124 cm³/mol. The number of carboxylic acids is 1. The minimum Gasteiger partial charge on any atom is -0.481 e. The average molecular weight is 456 g/mol. The predicted octanol–water partition coefficient (Wildman–Crippen LogP) is 2.22. The molecule has 10 heteroatoms. The van der Waals surface area contributed by atoms with Gasteiger partial charge in [0.2, 0.25) is 5.91 Å². The van der Waals surface area contributed by atoms with Crippen molar-refractivity contribution in [1.29, 1.82) is 0 Å². The first kappa shape index (κ1) is 23.3. The molecule has 0 bridgehead atoms. The van der Waals surface area contributed by atoms with Crippen LogP contribution in [0.25, 0.3) is 0 Å². The van der Waals surface area contributed by atoms with Crippen LogP contribution >= 0.6 is 11.8 Å². The van der Waals surface area contributed by atoms with Crippen molar-refractivity contribution in [1.82, 2.24) is 15.6 Å². The highest BCUT2D eigenvalue weighted by atomic mass is 32.2. The second-order valence-corrected chi connectivity index (χ2v) is 8.12. The standard InChI is InChI=1S/C22H25N5O4S/c1-2-17-16(7-4-8-23-17)18(12-20(29)30)27-19(28)13-25-21(31)14-5-3-6-15(11-14)26-22-24-9-10-32-22/h3-8,11,18H,2,9-10,12-13H2,1H3,(H,24,26)(H,25,31)(H,27,28)(H,29,30). The fourth-order valence-corrected chi connectivity index (χ4v) is 4.01. The lowest BCUT2D eigenvalue weighted by Crippen LogP contribution is -2.39. The van der Waals surface area contributed by atoms with Gasteiger partial charge in [0.1, 0.15) is 0 Å². The zero-order valence-electron chi connectivity index (χ0n) is 17.6. The summed E-state index contributed by atoms with van der Waals surface area (Å²) in [5.41, 5.74) is 2.51. The normalized spacial score (nSPS) is 13.7. The summed E-state index contributed by atoms with van der Waals surface area (Å²) in [5, 5.41) is 18.5. The van der Waals surface area contributed by atoms with Gasteiger partial charge in [0, 0.05) is 28.9 Å². The van der Waals surface area contributed by atoms with Gasteiger partial charge in [-0.3, -0.25) is 24.4 Å². The molecule has 4 N–H and O–H groups in total. The first-order valence-electron chi connectivity index (χ1n) is 10.2. The van der Waals surface area contributed by atoms with Gasteiger partial charge in [0.15, 0.2) is 5.17 Å². The van der Waals surface area contributed by atoms with Crippen LogP contribution in [-0.2, 0) is 16.0 Å². The number of hydrogen-bond acceptors (Lipinski definition) is 7. The number of benzene rings is 1. The van der Waals surface area contributed by atoms with Crippen molar-refractivity contribution in [2.45, 2.75) is 25.8 Å². The Balaban J connectivity index is 1.60. The van der Waals surface area contributed by atoms with Crippen LogP contribution in [0.15, 0.2) is 47.6 Å². The summed E-state index contributed by atoms with van der Waals surface area (Å²) in [6, 6.07) is 9.63. The minimum atomic E-state index is -1.04. The van der Waals surface area contributed by atoms with E-state index in [1.165, 1.54) is 0 Å². The molecule has 0 fully saturated rings. The quantitative estimate of drug-likeness (QED) is 0.456. The summed E-state index contributed by atoms with van der Waals surface area (Å²) in [4.78, 5) is 44.9. The number of nitrogens with zero attached hydrogens (tertiary/aromatic N) is 2. The Kier molecular flexibility index (Phi) is 8.20. The van der Waals surface area contributed by atoms with Crippen molar-refractivity contribution in [3.8, 4) is 0 Å². The van der Waals surface area contributed by atoms with Crippen LogP contribution in [-0.4, -0.2) is 51.9 Å². The lowest BCUT2D eigenvalue weighted by atomic mass is 10.0. The van der Waals surface area contributed by atoms with Gasteiger partial charge in [-0.2, -0.15) is 0 Å². The third-order valence-electron chi connectivity index (χ3n) is 4.72. The fraction of sp³-hybridized carbons (Fsp3) is 0.318. The largest absolute Gasteiger partial charge is 0.481 e. The number of anilines is 1. The van der Waals surface area contributed by atoms with Gasteiger partial charge in [-0.05, 0) is 36.2 Å². The Morgan fingerprint density at radius 3 is 2.78 bits per heavy atom. The van der Waals surface area contributed by atoms with Crippen molar-refractivity contribution >= 4 is 40.4 Å². The van der Waals surface area contributed by atoms with Gasteiger partial charge in [-0.25, -0.2) is 0 Å². The Labute approximate surface area is 190 Å². The first-order chi connectivity index (χ1) is 15.5. The summed E-state index contributed by atoms with van der Waals surface area (Å²) < 4.78 is 0. The lowest BCUT2D eigenvalue weighted by Gasteiger charge is -2.19. The number of amides is 2. The molecule has 0 radical (unpaired) electrons. The van der Waals surface area contributed by atoms with E-state index in [9.17, 15) is 19.5 Å². The minimum absolute atomic E-state index is 0.281. The second kappa shape index (κ2) is 11.3. The average Bonchev–Trinajstić information content (AvgIpc) is 3.30. The Hall–Kier alpha value is -3.40. The number of pyridine rings is 1. The maximum atomic E-state index is 12.5. The van der Waals surface area contributed by atoms with Gasteiger partial charge in [-0.1, -0.05) is 30.8 Å². The van der Waals surface area contributed by atoms with Crippen LogP contribution < -0.4 is 16.0 Å². The molecule has 168 valence electrons. The van der Waals surface area contributed by atoms with E-state index in [4.69, 9.17) is 0 Å². The molecule has 1 unspecified atom stereocenters. The number of amidine groups is 1. The maximum absolute atomic E-state index is 12.5. The molecule has 2 amide bonds. The van der Waals surface area contributed by atoms with Gasteiger partial charge in [-0.15, -0.1) is 0 Å². The molecule has 0 saturated carbocycles. The number of aliphatic carboxylic acids is 1. The van der Waals surface area contributed by atoms with Crippen LogP contribution in [0, 0.1) is 0 Å². The number of thioether (sulfide) groups is 1. The first-order valence-corrected chi connectivity index (χ1v) is 11.2. The maximum Gasteiger partial charge on any atom is 0.305 e. The zero-order valence-corrected chi connectivity index (χ0v) is 18.4. The summed E-state index contributed by atoms with van der Waals surface area (Å²) in [5.74, 6) is -1.00. The Bertz CT molecular complexity index is 1030. The highest BCUT2D eigenvalue weighted by molar-refractivity contribution is 8.14. The molecule has 1 aromatic carbocycles. The molecular weight excluding hydrogens is 430 g/mol. The molecule has 2 aromatic rings. The SMILES string of the molecule is CCc1ncccc1C(CC(=O)O)NC(=O)CNC(=O)c1cccc(NC2=NCCS2)c1. The molecule has 0 saturated heterocycles. The van der Waals surface area contributed by atoms with Gasteiger partial charge < -0.3 is 21.1 Å². The van der Waals surface area contributed by atoms with Crippen LogP contribution in [0.3, 0.4) is 0 Å². The molecule has 32 heavy (non-hydrogen) atoms. The fourth-order valence-electron chi connectivity index (χ4n) is 3.26. The number of aromatic nitrogens is 1. The molecule has 0 spiro atoms. The number of rotatable bonds is 9. The summed E-state index contributed by atoms with van der Waals surface area (Å²) in [7, 11) is 0. The summed E-state index contributed by atoms with van der Waals surface area (Å²) in [6.07, 6.45) is 1.95.